The number of nitrogens with zero attached hydrogens (tertiary/aromatic N) is 4. The number of H-pyrrole nitrogens is 1. The summed E-state index contributed by atoms with van der Waals surface area (Å²) in [6.07, 6.45) is 1.33. The van der Waals surface area contributed by atoms with Gasteiger partial charge in [0.1, 0.15) is 17.9 Å². The van der Waals surface area contributed by atoms with Crippen molar-refractivity contribution in [1.82, 2.24) is 24.5 Å². The highest BCUT2D eigenvalue weighted by Crippen LogP contribution is 2.39. The number of aliphatic hydroxyl groups is 2. The summed E-state index contributed by atoms with van der Waals surface area (Å²) in [6.45, 7) is 1.12. The summed E-state index contributed by atoms with van der Waals surface area (Å²) in [7, 11) is 0. The minimum Gasteiger partial charge on any atom is -0.393 e. The lowest BCUT2D eigenvalue weighted by Crippen LogP contribution is -2.36. The van der Waals surface area contributed by atoms with E-state index in [4.69, 9.17) is 4.74 Å². The van der Waals surface area contributed by atoms with Gasteiger partial charge in [-0.3, -0.25) is 14.3 Å². The van der Waals surface area contributed by atoms with Crippen LogP contribution in [0.15, 0.2) is 82.2 Å². The summed E-state index contributed by atoms with van der Waals surface area (Å²) in [5.74, 6) is 0. The smallest absolute Gasteiger partial charge is 0.330 e. The number of rotatable bonds is 4. The molecule has 7 rings (SSSR count). The SMILES string of the molecule is Cc1cn([C@@H]2O[C@H](CO)C(=Cn3cc(-c4ccc5ccc6cccc7ccc4c5c67)nn3)[C@H]2O)c(=O)[nH]c1=O. The molecule has 1 fully saturated rings. The molecule has 1 aliphatic rings. The molecule has 1 aliphatic heterocycles. The summed E-state index contributed by atoms with van der Waals surface area (Å²) in [5.41, 5.74) is 0.940. The van der Waals surface area contributed by atoms with Crippen molar-refractivity contribution in [1.29, 1.82) is 0 Å². The Morgan fingerprint density at radius 1 is 1.00 bits per heavy atom. The lowest BCUT2D eigenvalue weighted by Gasteiger charge is -2.17. The quantitative estimate of drug-likeness (QED) is 0.304. The number of aryl methyl sites for hydroxylation is 1. The fraction of sp³-hybridized carbons (Fsp3) is 0.172. The van der Waals surface area contributed by atoms with Crippen LogP contribution in [0.4, 0.5) is 0 Å². The fourth-order valence-electron chi connectivity index (χ4n) is 5.55. The van der Waals surface area contributed by atoms with Crippen LogP contribution in [0.25, 0.3) is 49.8 Å². The minimum atomic E-state index is -1.27. The van der Waals surface area contributed by atoms with Crippen molar-refractivity contribution in [2.45, 2.75) is 25.4 Å². The van der Waals surface area contributed by atoms with E-state index in [1.54, 1.807) is 19.3 Å². The van der Waals surface area contributed by atoms with E-state index in [9.17, 15) is 19.8 Å². The molecule has 194 valence electrons. The zero-order valence-electron chi connectivity index (χ0n) is 20.8. The van der Waals surface area contributed by atoms with Crippen LogP contribution >= 0.6 is 0 Å². The molecule has 4 aromatic carbocycles. The van der Waals surface area contributed by atoms with Gasteiger partial charge in [0.15, 0.2) is 6.23 Å². The van der Waals surface area contributed by atoms with Crippen molar-refractivity contribution in [3.05, 3.63) is 99.0 Å². The van der Waals surface area contributed by atoms with E-state index >= 15 is 0 Å². The van der Waals surface area contributed by atoms with Crippen LogP contribution < -0.4 is 11.2 Å². The number of aliphatic hydroxyl groups excluding tert-OH is 2. The third-order valence-corrected chi connectivity index (χ3v) is 7.47. The zero-order valence-corrected chi connectivity index (χ0v) is 20.8. The van der Waals surface area contributed by atoms with Crippen molar-refractivity contribution in [3.63, 3.8) is 0 Å². The van der Waals surface area contributed by atoms with Gasteiger partial charge in [0.25, 0.3) is 5.56 Å². The van der Waals surface area contributed by atoms with Crippen LogP contribution in [0.5, 0.6) is 0 Å². The van der Waals surface area contributed by atoms with Gasteiger partial charge in [-0.1, -0.05) is 59.8 Å². The second-order valence-corrected chi connectivity index (χ2v) is 9.80. The molecule has 10 nitrogen and oxygen atoms in total. The van der Waals surface area contributed by atoms with Gasteiger partial charge in [0, 0.05) is 29.1 Å². The van der Waals surface area contributed by atoms with Crippen LogP contribution in [-0.4, -0.2) is 53.6 Å². The summed E-state index contributed by atoms with van der Waals surface area (Å²) < 4.78 is 8.37. The highest BCUT2D eigenvalue weighted by molar-refractivity contribution is 6.25. The first-order valence-electron chi connectivity index (χ1n) is 12.5. The maximum Gasteiger partial charge on any atom is 0.330 e. The molecule has 0 saturated carbocycles. The Balaban J connectivity index is 1.29. The lowest BCUT2D eigenvalue weighted by atomic mass is 9.91. The van der Waals surface area contributed by atoms with E-state index in [1.165, 1.54) is 32.4 Å². The maximum absolute atomic E-state index is 12.4. The van der Waals surface area contributed by atoms with Crippen LogP contribution in [0.1, 0.15) is 11.8 Å². The Bertz CT molecular complexity index is 2020. The largest absolute Gasteiger partial charge is 0.393 e. The minimum absolute atomic E-state index is 0.289. The topological polar surface area (TPSA) is 135 Å². The zero-order chi connectivity index (χ0) is 26.8. The van der Waals surface area contributed by atoms with Crippen molar-refractivity contribution in [2.75, 3.05) is 6.61 Å². The maximum atomic E-state index is 12.4. The van der Waals surface area contributed by atoms with Crippen molar-refractivity contribution < 1.29 is 14.9 Å². The molecule has 0 spiro atoms. The molecule has 0 unspecified atom stereocenters. The first kappa shape index (κ1) is 23.5. The molecule has 1 saturated heterocycles. The highest BCUT2D eigenvalue weighted by atomic mass is 16.5. The number of aromatic amines is 1. The third kappa shape index (κ3) is 3.61. The molecule has 3 heterocycles. The van der Waals surface area contributed by atoms with E-state index in [0.29, 0.717) is 11.3 Å². The molecule has 3 atom stereocenters. The fourth-order valence-corrected chi connectivity index (χ4v) is 5.55. The van der Waals surface area contributed by atoms with Crippen molar-refractivity contribution in [3.8, 4) is 11.3 Å². The van der Waals surface area contributed by atoms with E-state index in [1.807, 2.05) is 6.07 Å². The van der Waals surface area contributed by atoms with E-state index < -0.39 is 36.3 Å². The predicted octanol–water partition coefficient (Wildman–Crippen LogP) is 2.79. The normalized spacial score (nSPS) is 20.7. The summed E-state index contributed by atoms with van der Waals surface area (Å²) in [5, 5.41) is 36.5. The molecular formula is C29H23N5O5. The van der Waals surface area contributed by atoms with E-state index in [0.717, 1.165) is 20.9 Å². The average Bonchev–Trinajstić information content (AvgIpc) is 3.54. The van der Waals surface area contributed by atoms with Crippen LogP contribution in [0.2, 0.25) is 0 Å². The second-order valence-electron chi connectivity index (χ2n) is 9.80. The van der Waals surface area contributed by atoms with Gasteiger partial charge in [-0.05, 0) is 39.2 Å². The number of nitrogens with one attached hydrogen (secondary N) is 1. The van der Waals surface area contributed by atoms with E-state index in [2.05, 4.69) is 63.8 Å². The van der Waals surface area contributed by atoms with Crippen LogP contribution in [0, 0.1) is 6.92 Å². The van der Waals surface area contributed by atoms with Gasteiger partial charge in [-0.25, -0.2) is 9.48 Å². The monoisotopic (exact) mass is 521 g/mol. The lowest BCUT2D eigenvalue weighted by molar-refractivity contribution is -0.0528. The Kier molecular flexibility index (Phi) is 5.24. The Morgan fingerprint density at radius 3 is 2.49 bits per heavy atom. The summed E-state index contributed by atoms with van der Waals surface area (Å²) in [6, 6.07) is 18.8. The molecule has 0 aliphatic carbocycles. The molecule has 6 aromatic rings. The molecule has 0 radical (unpaired) electrons. The van der Waals surface area contributed by atoms with Crippen molar-refractivity contribution >= 4 is 38.5 Å². The van der Waals surface area contributed by atoms with Gasteiger partial charge in [-0.2, -0.15) is 0 Å². The van der Waals surface area contributed by atoms with Crippen LogP contribution in [-0.2, 0) is 4.74 Å². The second kappa shape index (κ2) is 8.70. The standard InChI is InChI=1S/C29H23N5O5/c1-15-11-34(29(38)30-27(15)37)28-26(36)21(23(14-35)39-28)12-33-13-22(31-32-33)19-9-7-18-6-5-16-3-2-4-17-8-10-20(19)25(18)24(16)17/h2-13,23,26,28,35-36H,14H2,1H3,(H,30,37,38)/t23-,26-,28-/m1/s1. The Morgan fingerprint density at radius 2 is 1.72 bits per heavy atom. The van der Waals surface area contributed by atoms with Gasteiger partial charge < -0.3 is 14.9 Å². The number of benzene rings is 4. The van der Waals surface area contributed by atoms with Gasteiger partial charge in [-0.15, -0.1) is 5.10 Å². The molecule has 0 amide bonds. The average molecular weight is 522 g/mol. The summed E-state index contributed by atoms with van der Waals surface area (Å²) >= 11 is 0. The first-order chi connectivity index (χ1) is 18.9. The molecule has 10 heteroatoms. The summed E-state index contributed by atoms with van der Waals surface area (Å²) in [4.78, 5) is 26.4. The predicted molar refractivity (Wildman–Crippen MR) is 146 cm³/mol. The number of hydrogen-bond acceptors (Lipinski definition) is 7. The van der Waals surface area contributed by atoms with Gasteiger partial charge >= 0.3 is 5.69 Å². The number of aromatic nitrogens is 5. The Labute approximate surface area is 220 Å². The molecule has 2 aromatic heterocycles. The molecular weight excluding hydrogens is 498 g/mol. The number of ether oxygens (including phenoxy) is 1. The van der Waals surface area contributed by atoms with Crippen LogP contribution in [0.3, 0.4) is 0 Å². The molecule has 39 heavy (non-hydrogen) atoms. The van der Waals surface area contributed by atoms with Gasteiger partial charge in [0.05, 0.1) is 12.8 Å². The van der Waals surface area contributed by atoms with E-state index in [-0.39, 0.29) is 5.56 Å². The number of hydrogen-bond donors (Lipinski definition) is 3. The first-order valence-corrected chi connectivity index (χ1v) is 12.5. The Hall–Kier alpha value is -4.64. The molecule has 0 bridgehead atoms. The third-order valence-electron chi connectivity index (χ3n) is 7.47. The molecule has 3 N–H and O–H groups in total. The highest BCUT2D eigenvalue weighted by Gasteiger charge is 2.40. The van der Waals surface area contributed by atoms with Crippen molar-refractivity contribution in [2.24, 2.45) is 0 Å². The van der Waals surface area contributed by atoms with Gasteiger partial charge in [0.2, 0.25) is 0 Å².